The number of halogens is 11. The minimum atomic E-state index is -7.36. The van der Waals surface area contributed by atoms with Gasteiger partial charge in [-0.3, -0.25) is 4.79 Å². The standard InChI is InChI=1S/C15H10F11NO/c1-6-4-3-5-8(7(6)2)27-9(28)10(16)11(17,18)13(21,22)15(25,26)14(23,24)12(10,19)20/h3-5H,1-2H3,(H,27,28). The monoisotopic (exact) mass is 429 g/mol. The first-order valence-electron chi connectivity index (χ1n) is 7.28. The maximum absolute atomic E-state index is 14.6. The summed E-state index contributed by atoms with van der Waals surface area (Å²) in [5, 5.41) is 1.09. The van der Waals surface area contributed by atoms with E-state index in [1.54, 1.807) is 0 Å². The number of alkyl halides is 11. The highest BCUT2D eigenvalue weighted by Crippen LogP contribution is 2.69. The van der Waals surface area contributed by atoms with E-state index in [0.29, 0.717) is 0 Å². The van der Waals surface area contributed by atoms with Crippen molar-refractivity contribution >= 4 is 11.6 Å². The van der Waals surface area contributed by atoms with Crippen molar-refractivity contribution in [3.8, 4) is 0 Å². The second kappa shape index (κ2) is 5.72. The van der Waals surface area contributed by atoms with Gasteiger partial charge in [-0.15, -0.1) is 0 Å². The van der Waals surface area contributed by atoms with Gasteiger partial charge >= 0.3 is 35.3 Å². The van der Waals surface area contributed by atoms with Crippen LogP contribution in [0.5, 0.6) is 0 Å². The molecule has 1 aliphatic rings. The number of hydrogen-bond donors (Lipinski definition) is 1. The van der Waals surface area contributed by atoms with Crippen LogP contribution in [0.4, 0.5) is 54.0 Å². The third kappa shape index (κ3) is 2.18. The number of aryl methyl sites for hydroxylation is 1. The van der Waals surface area contributed by atoms with Gasteiger partial charge in [-0.1, -0.05) is 12.1 Å². The second-order valence-corrected chi connectivity index (χ2v) is 6.23. The smallest absolute Gasteiger partial charge is 0.323 e. The third-order valence-electron chi connectivity index (χ3n) is 4.61. The Bertz CT molecular complexity index is 788. The molecule has 0 radical (unpaired) electrons. The lowest BCUT2D eigenvalue weighted by atomic mass is 9.71. The summed E-state index contributed by atoms with van der Waals surface area (Å²) in [4.78, 5) is 11.8. The summed E-state index contributed by atoms with van der Waals surface area (Å²) in [6.07, 6.45) is 0. The number of amides is 1. The van der Waals surface area contributed by atoms with Crippen LogP contribution >= 0.6 is 0 Å². The van der Waals surface area contributed by atoms with Crippen LogP contribution in [0.15, 0.2) is 18.2 Å². The average molecular weight is 429 g/mol. The highest BCUT2D eigenvalue weighted by Gasteiger charge is 3.02. The lowest BCUT2D eigenvalue weighted by Gasteiger charge is -2.51. The Balaban J connectivity index is 2.71. The van der Waals surface area contributed by atoms with Gasteiger partial charge in [0.05, 0.1) is 0 Å². The number of carbonyl (C=O) groups excluding carboxylic acids is 1. The van der Waals surface area contributed by atoms with Crippen molar-refractivity contribution in [2.24, 2.45) is 0 Å². The second-order valence-electron chi connectivity index (χ2n) is 6.23. The van der Waals surface area contributed by atoms with E-state index in [4.69, 9.17) is 0 Å². The van der Waals surface area contributed by atoms with Gasteiger partial charge in [0.25, 0.3) is 5.91 Å². The maximum Gasteiger partial charge on any atom is 0.384 e. The van der Waals surface area contributed by atoms with E-state index in [1.807, 2.05) is 0 Å². The molecule has 2 rings (SSSR count). The molecule has 1 fully saturated rings. The number of benzene rings is 1. The molecule has 158 valence electrons. The van der Waals surface area contributed by atoms with Crippen LogP contribution in [0, 0.1) is 13.8 Å². The lowest BCUT2D eigenvalue weighted by Crippen LogP contribution is -2.86. The van der Waals surface area contributed by atoms with E-state index < -0.39 is 46.9 Å². The summed E-state index contributed by atoms with van der Waals surface area (Å²) in [7, 11) is 0. The van der Waals surface area contributed by atoms with Gasteiger partial charge in [0, 0.05) is 5.69 Å². The predicted molar refractivity (Wildman–Crippen MR) is 73.1 cm³/mol. The van der Waals surface area contributed by atoms with E-state index >= 15 is 0 Å². The van der Waals surface area contributed by atoms with E-state index in [2.05, 4.69) is 0 Å². The molecule has 0 saturated heterocycles. The minimum absolute atomic E-state index is 0.0363. The van der Waals surface area contributed by atoms with E-state index in [1.165, 1.54) is 19.9 Å². The highest BCUT2D eigenvalue weighted by atomic mass is 19.4. The van der Waals surface area contributed by atoms with Gasteiger partial charge < -0.3 is 5.32 Å². The Kier molecular flexibility index (Phi) is 4.54. The molecule has 1 aliphatic carbocycles. The normalized spacial score (nSPS) is 25.8. The van der Waals surface area contributed by atoms with Crippen molar-refractivity contribution in [2.45, 2.75) is 49.1 Å². The number of carbonyl (C=O) groups is 1. The number of anilines is 1. The number of hydrogen-bond acceptors (Lipinski definition) is 1. The minimum Gasteiger partial charge on any atom is -0.323 e. The van der Waals surface area contributed by atoms with Crippen LogP contribution in [-0.4, -0.2) is 41.2 Å². The zero-order valence-electron chi connectivity index (χ0n) is 13.8. The summed E-state index contributed by atoms with van der Waals surface area (Å²) in [6.45, 7) is 2.53. The van der Waals surface area contributed by atoms with Crippen molar-refractivity contribution in [1.82, 2.24) is 0 Å². The van der Waals surface area contributed by atoms with Gasteiger partial charge in [-0.05, 0) is 31.0 Å². The average Bonchev–Trinajstić information content (AvgIpc) is 2.56. The maximum atomic E-state index is 14.6. The van der Waals surface area contributed by atoms with Gasteiger partial charge in [-0.2, -0.15) is 43.9 Å². The Morgan fingerprint density at radius 2 is 1.11 bits per heavy atom. The summed E-state index contributed by atoms with van der Waals surface area (Å²) in [5.41, 5.74) is -7.11. The SMILES string of the molecule is Cc1cccc(NC(=O)C2(F)C(F)(F)C(F)(F)C(F)(F)C(F)(F)C2(F)F)c1C. The summed E-state index contributed by atoms with van der Waals surface area (Å²) < 4.78 is 150. The van der Waals surface area contributed by atoms with Gasteiger partial charge in [0.15, 0.2) is 0 Å². The highest BCUT2D eigenvalue weighted by molar-refractivity contribution is 6.00. The van der Waals surface area contributed by atoms with Crippen LogP contribution in [-0.2, 0) is 4.79 Å². The molecule has 1 saturated carbocycles. The molecule has 1 aromatic rings. The topological polar surface area (TPSA) is 29.1 Å². The zero-order valence-corrected chi connectivity index (χ0v) is 13.8. The van der Waals surface area contributed by atoms with E-state index in [-0.39, 0.29) is 11.1 Å². The molecule has 0 spiro atoms. The van der Waals surface area contributed by atoms with Gasteiger partial charge in [0.1, 0.15) is 0 Å². The van der Waals surface area contributed by atoms with Crippen molar-refractivity contribution in [3.05, 3.63) is 29.3 Å². The molecule has 0 aliphatic heterocycles. The van der Waals surface area contributed by atoms with Crippen LogP contribution in [0.3, 0.4) is 0 Å². The molecule has 13 heteroatoms. The molecule has 0 unspecified atom stereocenters. The lowest BCUT2D eigenvalue weighted by molar-refractivity contribution is -0.475. The first kappa shape index (κ1) is 22.2. The first-order valence-corrected chi connectivity index (χ1v) is 7.28. The fourth-order valence-electron chi connectivity index (χ4n) is 2.60. The van der Waals surface area contributed by atoms with Crippen molar-refractivity contribution in [1.29, 1.82) is 0 Å². The predicted octanol–water partition coefficient (Wildman–Crippen LogP) is 5.14. The quantitative estimate of drug-likeness (QED) is 0.649. The molecule has 28 heavy (non-hydrogen) atoms. The molecule has 1 amide bonds. The Hall–Kier alpha value is -2.08. The molecule has 1 aromatic carbocycles. The molecule has 0 aromatic heterocycles. The number of nitrogens with one attached hydrogen (secondary N) is 1. The summed E-state index contributed by atoms with van der Waals surface area (Å²) in [6, 6.07) is 3.31. The summed E-state index contributed by atoms with van der Waals surface area (Å²) in [5.74, 6) is -39.7. The van der Waals surface area contributed by atoms with Crippen molar-refractivity contribution in [2.75, 3.05) is 5.32 Å². The van der Waals surface area contributed by atoms with Crippen LogP contribution < -0.4 is 5.32 Å². The Labute approximate surface area is 149 Å². The first-order chi connectivity index (χ1) is 12.3. The van der Waals surface area contributed by atoms with Gasteiger partial charge in [0.2, 0.25) is 0 Å². The largest absolute Gasteiger partial charge is 0.384 e. The molecular formula is C15H10F11NO. The van der Waals surface area contributed by atoms with Crippen LogP contribution in [0.1, 0.15) is 11.1 Å². The van der Waals surface area contributed by atoms with E-state index in [9.17, 15) is 53.1 Å². The fourth-order valence-corrected chi connectivity index (χ4v) is 2.60. The number of rotatable bonds is 2. The van der Waals surface area contributed by atoms with Crippen molar-refractivity contribution in [3.63, 3.8) is 0 Å². The summed E-state index contributed by atoms with van der Waals surface area (Å²) >= 11 is 0. The Morgan fingerprint density at radius 3 is 1.54 bits per heavy atom. The van der Waals surface area contributed by atoms with E-state index in [0.717, 1.165) is 17.4 Å². The molecule has 0 atom stereocenters. The molecular weight excluding hydrogens is 419 g/mol. The molecule has 0 bridgehead atoms. The molecule has 0 heterocycles. The Morgan fingerprint density at radius 1 is 0.714 bits per heavy atom. The van der Waals surface area contributed by atoms with Crippen LogP contribution in [0.25, 0.3) is 0 Å². The molecule has 1 N–H and O–H groups in total. The fraction of sp³-hybridized carbons (Fsp3) is 0.533. The van der Waals surface area contributed by atoms with Crippen molar-refractivity contribution < 1.29 is 53.1 Å². The zero-order chi connectivity index (χ0) is 22.1. The molecule has 2 nitrogen and oxygen atoms in total. The third-order valence-corrected chi connectivity index (χ3v) is 4.61. The van der Waals surface area contributed by atoms with Gasteiger partial charge in [-0.25, -0.2) is 4.39 Å². The van der Waals surface area contributed by atoms with Crippen LogP contribution in [0.2, 0.25) is 0 Å².